The Hall–Kier alpha value is -1.08. The number of hydrogen-bond donors (Lipinski definition) is 2. The molecule has 0 unspecified atom stereocenters. The number of benzene rings is 1. The van der Waals surface area contributed by atoms with Crippen LogP contribution in [0.5, 0.6) is 5.75 Å². The first-order valence-electron chi connectivity index (χ1n) is 6.25. The van der Waals surface area contributed by atoms with E-state index in [4.69, 9.17) is 6.42 Å². The number of rotatable bonds is 6. The Morgan fingerprint density at radius 1 is 1.45 bits per heavy atom. The lowest BCUT2D eigenvalue weighted by atomic mass is 10.2. The van der Waals surface area contributed by atoms with Crippen molar-refractivity contribution in [1.29, 1.82) is 0 Å². The number of hydrogen-bond acceptors (Lipinski definition) is 2. The van der Waals surface area contributed by atoms with E-state index in [-0.39, 0.29) is 36.3 Å². The molecule has 4 nitrogen and oxygen atoms in total. The van der Waals surface area contributed by atoms with Crippen LogP contribution in [0, 0.1) is 12.3 Å². The van der Waals surface area contributed by atoms with Gasteiger partial charge in [-0.05, 0) is 25.1 Å². The highest BCUT2D eigenvalue weighted by Gasteiger charge is 2.10. The zero-order valence-electron chi connectivity index (χ0n) is 11.9. The van der Waals surface area contributed by atoms with Gasteiger partial charge in [0.25, 0.3) is 0 Å². The van der Waals surface area contributed by atoms with Crippen molar-refractivity contribution in [3.05, 3.63) is 28.2 Å². The minimum atomic E-state index is -2.87. The first-order chi connectivity index (χ1) is 10.1. The molecule has 1 aromatic carbocycles. The summed E-state index contributed by atoms with van der Waals surface area (Å²) in [6, 6.07) is 4.79. The van der Waals surface area contributed by atoms with Crippen LogP contribution in [-0.4, -0.2) is 25.7 Å². The number of halogens is 4. The van der Waals surface area contributed by atoms with E-state index < -0.39 is 6.61 Å². The molecule has 1 rings (SSSR count). The quantitative estimate of drug-likeness (QED) is 0.280. The second-order valence-electron chi connectivity index (χ2n) is 3.88. The fourth-order valence-electron chi connectivity index (χ4n) is 1.52. The molecular weight excluding hydrogens is 471 g/mol. The molecule has 0 heterocycles. The smallest absolute Gasteiger partial charge is 0.387 e. The van der Waals surface area contributed by atoms with E-state index in [2.05, 4.69) is 42.2 Å². The van der Waals surface area contributed by atoms with Crippen LogP contribution in [0.15, 0.2) is 27.7 Å². The highest BCUT2D eigenvalue weighted by molar-refractivity contribution is 14.0. The Balaban J connectivity index is 0.00000441. The molecule has 8 heteroatoms. The van der Waals surface area contributed by atoms with Gasteiger partial charge < -0.3 is 15.4 Å². The Morgan fingerprint density at radius 3 is 2.77 bits per heavy atom. The number of terminal acetylenes is 1. The molecule has 0 spiro atoms. The van der Waals surface area contributed by atoms with Crippen LogP contribution >= 0.6 is 39.9 Å². The van der Waals surface area contributed by atoms with Crippen LogP contribution in [-0.2, 0) is 6.54 Å². The third kappa shape index (κ3) is 7.79. The Morgan fingerprint density at radius 2 is 2.18 bits per heavy atom. The normalized spacial score (nSPS) is 10.6. The van der Waals surface area contributed by atoms with Gasteiger partial charge in [0.1, 0.15) is 5.75 Å². The summed E-state index contributed by atoms with van der Waals surface area (Å²) in [6.07, 6.45) is 5.17. The number of aliphatic imine (C=N–C) groups is 1. The van der Waals surface area contributed by atoms with Gasteiger partial charge in [0.2, 0.25) is 0 Å². The van der Waals surface area contributed by atoms with E-state index in [9.17, 15) is 8.78 Å². The number of alkyl halides is 2. The maximum absolute atomic E-state index is 12.4. The van der Waals surface area contributed by atoms with Gasteiger partial charge in [-0.25, -0.2) is 4.99 Å². The third-order valence-corrected chi connectivity index (χ3v) is 2.84. The van der Waals surface area contributed by atoms with Gasteiger partial charge in [-0.15, -0.1) is 30.4 Å². The fourth-order valence-corrected chi connectivity index (χ4v) is 1.93. The van der Waals surface area contributed by atoms with Crippen LogP contribution in [0.3, 0.4) is 0 Å². The Kier molecular flexibility index (Phi) is 10.9. The number of guanidine groups is 1. The number of nitrogens with one attached hydrogen (secondary N) is 2. The minimum Gasteiger partial charge on any atom is -0.434 e. The SMILES string of the molecule is C#CCNC(=NCc1cc(Br)ccc1OC(F)F)NCC.I. The van der Waals surface area contributed by atoms with E-state index >= 15 is 0 Å². The van der Waals surface area contributed by atoms with Gasteiger partial charge >= 0.3 is 6.61 Å². The maximum atomic E-state index is 12.4. The van der Waals surface area contributed by atoms with E-state index in [0.717, 1.165) is 4.47 Å². The summed E-state index contributed by atoms with van der Waals surface area (Å²) in [7, 11) is 0. The molecule has 0 amide bonds. The van der Waals surface area contributed by atoms with Crippen molar-refractivity contribution in [2.45, 2.75) is 20.1 Å². The zero-order chi connectivity index (χ0) is 15.7. The molecule has 0 fully saturated rings. The molecule has 0 aliphatic carbocycles. The van der Waals surface area contributed by atoms with Crippen molar-refractivity contribution in [1.82, 2.24) is 10.6 Å². The summed E-state index contributed by atoms with van der Waals surface area (Å²) in [5.41, 5.74) is 0.544. The molecule has 122 valence electrons. The largest absolute Gasteiger partial charge is 0.434 e. The van der Waals surface area contributed by atoms with E-state index in [0.29, 0.717) is 24.6 Å². The molecule has 0 bridgehead atoms. The highest BCUT2D eigenvalue weighted by Crippen LogP contribution is 2.25. The predicted molar refractivity (Wildman–Crippen MR) is 97.8 cm³/mol. The lowest BCUT2D eigenvalue weighted by molar-refractivity contribution is -0.0504. The van der Waals surface area contributed by atoms with Gasteiger partial charge in [-0.3, -0.25) is 0 Å². The van der Waals surface area contributed by atoms with Gasteiger partial charge in [-0.2, -0.15) is 8.78 Å². The summed E-state index contributed by atoms with van der Waals surface area (Å²) in [6.45, 7) is 0.209. The van der Waals surface area contributed by atoms with Crippen molar-refractivity contribution in [2.75, 3.05) is 13.1 Å². The summed E-state index contributed by atoms with van der Waals surface area (Å²) >= 11 is 3.29. The van der Waals surface area contributed by atoms with Crippen LogP contribution in [0.4, 0.5) is 8.78 Å². The standard InChI is InChI=1S/C14H16BrF2N3O.HI/c1-3-7-19-14(18-4-2)20-9-10-8-11(15)5-6-12(10)21-13(16)17;/h1,5-6,8,13H,4,7,9H2,2H3,(H2,18,19,20);1H. The lowest BCUT2D eigenvalue weighted by Crippen LogP contribution is -2.37. The average Bonchev–Trinajstić information content (AvgIpc) is 2.44. The topological polar surface area (TPSA) is 45.7 Å². The van der Waals surface area contributed by atoms with Crippen molar-refractivity contribution >= 4 is 45.9 Å². The third-order valence-electron chi connectivity index (χ3n) is 2.35. The lowest BCUT2D eigenvalue weighted by Gasteiger charge is -2.12. The first-order valence-corrected chi connectivity index (χ1v) is 7.05. The maximum Gasteiger partial charge on any atom is 0.387 e. The van der Waals surface area contributed by atoms with E-state index in [1.807, 2.05) is 6.92 Å². The summed E-state index contributed by atoms with van der Waals surface area (Å²) in [5.74, 6) is 3.05. The zero-order valence-corrected chi connectivity index (χ0v) is 15.8. The molecule has 0 saturated carbocycles. The molecule has 0 aliphatic rings. The molecule has 0 radical (unpaired) electrons. The number of ether oxygens (including phenoxy) is 1. The Bertz CT molecular complexity index is 535. The molecule has 22 heavy (non-hydrogen) atoms. The minimum absolute atomic E-state index is 0. The Labute approximate surface area is 154 Å². The molecule has 0 atom stereocenters. The molecule has 2 N–H and O–H groups in total. The first kappa shape index (κ1) is 20.9. The fraction of sp³-hybridized carbons (Fsp3) is 0.357. The van der Waals surface area contributed by atoms with Gasteiger partial charge in [0, 0.05) is 16.6 Å². The van der Waals surface area contributed by atoms with Crippen molar-refractivity contribution < 1.29 is 13.5 Å². The van der Waals surface area contributed by atoms with Crippen LogP contribution in [0.1, 0.15) is 12.5 Å². The summed E-state index contributed by atoms with van der Waals surface area (Å²) < 4.78 is 30.0. The molecular formula is C14H17BrF2IN3O. The molecule has 0 saturated heterocycles. The van der Waals surface area contributed by atoms with Gasteiger partial charge in [0.15, 0.2) is 5.96 Å². The molecule has 0 aromatic heterocycles. The van der Waals surface area contributed by atoms with Crippen LogP contribution in [0.2, 0.25) is 0 Å². The van der Waals surface area contributed by atoms with Crippen molar-refractivity contribution in [3.63, 3.8) is 0 Å². The van der Waals surface area contributed by atoms with Crippen molar-refractivity contribution in [3.8, 4) is 18.1 Å². The number of nitrogens with zero attached hydrogens (tertiary/aromatic N) is 1. The monoisotopic (exact) mass is 487 g/mol. The van der Waals surface area contributed by atoms with Crippen LogP contribution < -0.4 is 15.4 Å². The van der Waals surface area contributed by atoms with E-state index in [1.165, 1.54) is 6.07 Å². The van der Waals surface area contributed by atoms with E-state index in [1.54, 1.807) is 12.1 Å². The summed E-state index contributed by atoms with van der Waals surface area (Å²) in [5, 5.41) is 5.92. The molecule has 1 aromatic rings. The predicted octanol–water partition coefficient (Wildman–Crippen LogP) is 3.36. The summed E-state index contributed by atoms with van der Waals surface area (Å²) in [4.78, 5) is 4.28. The van der Waals surface area contributed by atoms with Crippen molar-refractivity contribution in [2.24, 2.45) is 4.99 Å². The van der Waals surface area contributed by atoms with Crippen LogP contribution in [0.25, 0.3) is 0 Å². The molecule has 0 aliphatic heterocycles. The average molecular weight is 488 g/mol. The second-order valence-corrected chi connectivity index (χ2v) is 4.80. The second kappa shape index (κ2) is 11.5. The van der Waals surface area contributed by atoms with Gasteiger partial charge in [0.05, 0.1) is 13.1 Å². The highest BCUT2D eigenvalue weighted by atomic mass is 127. The van der Waals surface area contributed by atoms with Gasteiger partial charge in [-0.1, -0.05) is 21.9 Å².